The summed E-state index contributed by atoms with van der Waals surface area (Å²) in [5.41, 5.74) is 2.26. The summed E-state index contributed by atoms with van der Waals surface area (Å²) in [4.78, 5) is 15.8. The molecule has 0 saturated heterocycles. The van der Waals surface area contributed by atoms with Crippen molar-refractivity contribution >= 4 is 17.0 Å². The van der Waals surface area contributed by atoms with Crippen molar-refractivity contribution in [1.29, 1.82) is 0 Å². The summed E-state index contributed by atoms with van der Waals surface area (Å²) in [6, 6.07) is 5.79. The van der Waals surface area contributed by atoms with Crippen LogP contribution < -0.4 is 0 Å². The minimum absolute atomic E-state index is 0.351. The van der Waals surface area contributed by atoms with E-state index >= 15 is 0 Å². The number of carboxylic acid groups (broad SMARTS) is 1. The zero-order valence-corrected chi connectivity index (χ0v) is 11.5. The molecular weight excluding hydrogens is 252 g/mol. The Hall–Kier alpha value is -1.84. The molecular formula is C16H18N2O2. The van der Waals surface area contributed by atoms with Crippen LogP contribution in [0.2, 0.25) is 0 Å². The van der Waals surface area contributed by atoms with Crippen LogP contribution >= 0.6 is 0 Å². The molecule has 0 unspecified atom stereocenters. The molecule has 4 nitrogen and oxygen atoms in total. The molecule has 0 spiro atoms. The predicted octanol–water partition coefficient (Wildman–Crippen LogP) is 3.40. The Kier molecular flexibility index (Phi) is 2.43. The van der Waals surface area contributed by atoms with Crippen LogP contribution in [0.3, 0.4) is 0 Å². The molecule has 20 heavy (non-hydrogen) atoms. The van der Waals surface area contributed by atoms with Gasteiger partial charge in [0.2, 0.25) is 0 Å². The molecule has 2 aromatic rings. The Balaban J connectivity index is 1.89. The number of aromatic nitrogens is 2. The molecule has 1 N–H and O–H groups in total. The maximum absolute atomic E-state index is 11.2. The van der Waals surface area contributed by atoms with E-state index in [4.69, 9.17) is 0 Å². The first-order chi connectivity index (χ1) is 9.65. The van der Waals surface area contributed by atoms with E-state index in [1.54, 1.807) is 12.1 Å². The summed E-state index contributed by atoms with van der Waals surface area (Å²) < 4.78 is 2.32. The van der Waals surface area contributed by atoms with Gasteiger partial charge < -0.3 is 9.67 Å². The summed E-state index contributed by atoms with van der Waals surface area (Å²) in [5, 5.41) is 9.19. The van der Waals surface area contributed by atoms with E-state index in [2.05, 4.69) is 9.55 Å². The van der Waals surface area contributed by atoms with Gasteiger partial charge in [-0.1, -0.05) is 0 Å². The summed E-state index contributed by atoms with van der Waals surface area (Å²) in [7, 11) is 0. The molecule has 0 radical (unpaired) electrons. The Morgan fingerprint density at radius 2 is 1.95 bits per heavy atom. The van der Waals surface area contributed by atoms with E-state index in [-0.39, 0.29) is 0 Å². The Bertz CT molecular complexity index is 684. The van der Waals surface area contributed by atoms with Gasteiger partial charge in [-0.3, -0.25) is 0 Å². The predicted molar refractivity (Wildman–Crippen MR) is 75.9 cm³/mol. The van der Waals surface area contributed by atoms with E-state index < -0.39 is 5.97 Å². The molecule has 2 aliphatic carbocycles. The summed E-state index contributed by atoms with van der Waals surface area (Å²) in [6.45, 7) is 2.04. The van der Waals surface area contributed by atoms with Gasteiger partial charge in [-0.15, -0.1) is 0 Å². The van der Waals surface area contributed by atoms with Crippen LogP contribution in [0.4, 0.5) is 0 Å². The Labute approximate surface area is 117 Å². The summed E-state index contributed by atoms with van der Waals surface area (Å²) in [6.07, 6.45) is 5.22. The molecule has 1 heterocycles. The zero-order valence-electron chi connectivity index (χ0n) is 11.5. The number of benzene rings is 1. The lowest BCUT2D eigenvalue weighted by atomic mass is 10.1. The second-order valence-corrected chi connectivity index (χ2v) is 6.20. The maximum atomic E-state index is 11.2. The molecule has 4 heteroatoms. The van der Waals surface area contributed by atoms with Gasteiger partial charge in [-0.2, -0.15) is 0 Å². The van der Waals surface area contributed by atoms with Crippen molar-refractivity contribution < 1.29 is 9.90 Å². The zero-order chi connectivity index (χ0) is 13.9. The van der Waals surface area contributed by atoms with Gasteiger partial charge in [-0.05, 0) is 62.6 Å². The van der Waals surface area contributed by atoms with E-state index in [1.165, 1.54) is 25.7 Å². The number of hydrogen-bond donors (Lipinski definition) is 1. The molecule has 0 aliphatic heterocycles. The number of aryl methyl sites for hydroxylation is 1. The first kappa shape index (κ1) is 11.9. The second-order valence-electron chi connectivity index (χ2n) is 6.20. The van der Waals surface area contributed by atoms with Gasteiger partial charge in [0.25, 0.3) is 0 Å². The highest BCUT2D eigenvalue weighted by Crippen LogP contribution is 2.53. The van der Waals surface area contributed by atoms with Gasteiger partial charge in [0.15, 0.2) is 0 Å². The molecule has 0 bridgehead atoms. The van der Waals surface area contributed by atoms with Crippen LogP contribution in [0.15, 0.2) is 18.2 Å². The highest BCUT2D eigenvalue weighted by atomic mass is 16.4. The molecule has 1 aromatic carbocycles. The molecule has 104 valence electrons. The van der Waals surface area contributed by atoms with Gasteiger partial charge in [0.1, 0.15) is 5.82 Å². The van der Waals surface area contributed by atoms with E-state index in [0.717, 1.165) is 28.7 Å². The second kappa shape index (κ2) is 4.08. The highest BCUT2D eigenvalue weighted by molar-refractivity contribution is 5.92. The average molecular weight is 270 g/mol. The normalized spacial score (nSPS) is 18.9. The topological polar surface area (TPSA) is 55.1 Å². The number of nitrogens with zero attached hydrogens (tertiary/aromatic N) is 2. The van der Waals surface area contributed by atoms with Gasteiger partial charge in [0.05, 0.1) is 16.6 Å². The molecule has 1 aromatic heterocycles. The molecule has 2 fully saturated rings. The van der Waals surface area contributed by atoms with Crippen LogP contribution in [0.1, 0.15) is 47.9 Å². The van der Waals surface area contributed by atoms with Gasteiger partial charge >= 0.3 is 5.97 Å². The number of carbonyl (C=O) groups is 1. The van der Waals surface area contributed by atoms with Crippen LogP contribution in [-0.2, 0) is 0 Å². The maximum Gasteiger partial charge on any atom is 0.335 e. The lowest BCUT2D eigenvalue weighted by molar-refractivity contribution is 0.0697. The van der Waals surface area contributed by atoms with Crippen molar-refractivity contribution in [3.05, 3.63) is 29.6 Å². The smallest absolute Gasteiger partial charge is 0.335 e. The van der Waals surface area contributed by atoms with Crippen molar-refractivity contribution in [2.24, 2.45) is 11.8 Å². The van der Waals surface area contributed by atoms with E-state index in [1.807, 2.05) is 13.0 Å². The number of carboxylic acids is 1. The number of aromatic carboxylic acids is 1. The largest absolute Gasteiger partial charge is 0.478 e. The molecule has 4 rings (SSSR count). The van der Waals surface area contributed by atoms with E-state index in [9.17, 15) is 9.90 Å². The van der Waals surface area contributed by atoms with Gasteiger partial charge in [-0.25, -0.2) is 9.78 Å². The summed E-state index contributed by atoms with van der Waals surface area (Å²) >= 11 is 0. The molecule has 2 aliphatic rings. The fourth-order valence-electron chi connectivity index (χ4n) is 3.40. The number of imidazole rings is 1. The first-order valence-electron chi connectivity index (χ1n) is 7.37. The highest BCUT2D eigenvalue weighted by Gasteiger charge is 2.43. The number of hydrogen-bond acceptors (Lipinski definition) is 2. The van der Waals surface area contributed by atoms with Crippen molar-refractivity contribution in [3.8, 4) is 0 Å². The fourth-order valence-corrected chi connectivity index (χ4v) is 3.40. The van der Waals surface area contributed by atoms with Crippen LogP contribution in [-0.4, -0.2) is 20.6 Å². The third-order valence-corrected chi connectivity index (χ3v) is 4.62. The quantitative estimate of drug-likeness (QED) is 0.926. The Morgan fingerprint density at radius 3 is 2.50 bits per heavy atom. The molecule has 2 saturated carbocycles. The summed E-state index contributed by atoms with van der Waals surface area (Å²) in [5.74, 6) is 1.69. The Morgan fingerprint density at radius 1 is 1.30 bits per heavy atom. The lowest BCUT2D eigenvalue weighted by Crippen LogP contribution is -2.15. The third kappa shape index (κ3) is 1.82. The standard InChI is InChI=1S/C16H18N2O2/c1-9-17-13-7-6-12(16(19)20)8-14(13)18(9)15(10-2-3-10)11-4-5-11/h6-8,10-11,15H,2-5H2,1H3,(H,19,20). The minimum atomic E-state index is -0.869. The average Bonchev–Trinajstić information content (AvgIpc) is 3.30. The monoisotopic (exact) mass is 270 g/mol. The van der Waals surface area contributed by atoms with Gasteiger partial charge in [0, 0.05) is 6.04 Å². The fraction of sp³-hybridized carbons (Fsp3) is 0.500. The lowest BCUT2D eigenvalue weighted by Gasteiger charge is -2.20. The minimum Gasteiger partial charge on any atom is -0.478 e. The number of rotatable bonds is 4. The molecule has 0 atom stereocenters. The van der Waals surface area contributed by atoms with Crippen molar-refractivity contribution in [2.75, 3.05) is 0 Å². The van der Waals surface area contributed by atoms with Crippen molar-refractivity contribution in [1.82, 2.24) is 9.55 Å². The first-order valence-corrected chi connectivity index (χ1v) is 7.37. The van der Waals surface area contributed by atoms with Crippen LogP contribution in [0.5, 0.6) is 0 Å². The van der Waals surface area contributed by atoms with E-state index in [0.29, 0.717) is 11.6 Å². The van der Waals surface area contributed by atoms with Crippen molar-refractivity contribution in [2.45, 2.75) is 38.6 Å². The third-order valence-electron chi connectivity index (χ3n) is 4.62. The SMILES string of the molecule is Cc1nc2ccc(C(=O)O)cc2n1C(C1CC1)C1CC1. The van der Waals surface area contributed by atoms with Crippen LogP contribution in [0.25, 0.3) is 11.0 Å². The molecule has 0 amide bonds. The van der Waals surface area contributed by atoms with Crippen molar-refractivity contribution in [3.63, 3.8) is 0 Å². The van der Waals surface area contributed by atoms with Crippen LogP contribution in [0, 0.1) is 18.8 Å². The number of fused-ring (bicyclic) bond motifs is 1.